The highest BCUT2D eigenvalue weighted by Crippen LogP contribution is 2.34. The molecular weight excluding hydrogens is 320 g/mol. The number of rotatable bonds is 2. The summed E-state index contributed by atoms with van der Waals surface area (Å²) < 4.78 is 29.5. The van der Waals surface area contributed by atoms with Crippen LogP contribution in [0.15, 0.2) is 60.8 Å². The first-order valence-corrected chi connectivity index (χ1v) is 8.01. The highest BCUT2D eigenvalue weighted by atomic mass is 19.1. The molecule has 0 atom stereocenters. The Bertz CT molecular complexity index is 952. The van der Waals surface area contributed by atoms with Crippen molar-refractivity contribution in [3.63, 3.8) is 0 Å². The lowest BCUT2D eigenvalue weighted by Crippen LogP contribution is -2.13. The molecule has 1 N–H and O–H groups in total. The van der Waals surface area contributed by atoms with Crippen LogP contribution in [-0.4, -0.2) is 16.7 Å². The second-order valence-electron chi connectivity index (χ2n) is 5.79. The standard InChI is InChI=1S/C20H15F2N3/c21-18-5-2-1-4-15(18)14-9-11-23-12-17-13(14)7-8-16(20(17)22)19-6-3-10-24-25-19/h1-10,23H,11-12H2. The maximum Gasteiger partial charge on any atom is 0.137 e. The van der Waals surface area contributed by atoms with Gasteiger partial charge in [-0.3, -0.25) is 0 Å². The third-order valence-electron chi connectivity index (χ3n) is 4.30. The van der Waals surface area contributed by atoms with E-state index in [2.05, 4.69) is 15.5 Å². The van der Waals surface area contributed by atoms with Crippen LogP contribution >= 0.6 is 0 Å². The van der Waals surface area contributed by atoms with Gasteiger partial charge in [0, 0.05) is 36.0 Å². The van der Waals surface area contributed by atoms with Gasteiger partial charge in [0.15, 0.2) is 0 Å². The SMILES string of the molecule is Fc1ccccc1C1=CCNCc2c1ccc(-c1cccnn1)c2F. The van der Waals surface area contributed by atoms with Gasteiger partial charge < -0.3 is 5.32 Å². The molecule has 0 fully saturated rings. The molecule has 124 valence electrons. The fraction of sp³-hybridized carbons (Fsp3) is 0.100. The average Bonchev–Trinajstić information content (AvgIpc) is 2.86. The molecule has 1 aliphatic heterocycles. The number of nitrogens with zero attached hydrogens (tertiary/aromatic N) is 2. The van der Waals surface area contributed by atoms with Gasteiger partial charge in [-0.1, -0.05) is 30.3 Å². The fourth-order valence-electron chi connectivity index (χ4n) is 3.11. The monoisotopic (exact) mass is 335 g/mol. The lowest BCUT2D eigenvalue weighted by atomic mass is 9.91. The molecule has 3 nitrogen and oxygen atoms in total. The smallest absolute Gasteiger partial charge is 0.137 e. The Morgan fingerprint density at radius 1 is 0.880 bits per heavy atom. The van der Waals surface area contributed by atoms with E-state index >= 15 is 4.39 Å². The van der Waals surface area contributed by atoms with Crippen LogP contribution in [0.25, 0.3) is 16.8 Å². The third-order valence-corrected chi connectivity index (χ3v) is 4.30. The summed E-state index contributed by atoms with van der Waals surface area (Å²) in [6, 6.07) is 13.5. The van der Waals surface area contributed by atoms with Crippen molar-refractivity contribution in [1.82, 2.24) is 15.5 Å². The largest absolute Gasteiger partial charge is 0.309 e. The van der Waals surface area contributed by atoms with E-state index < -0.39 is 0 Å². The first-order chi connectivity index (χ1) is 12.3. The molecule has 2 aromatic carbocycles. The van der Waals surface area contributed by atoms with Crippen LogP contribution in [0.5, 0.6) is 0 Å². The predicted octanol–water partition coefficient (Wildman–Crippen LogP) is 3.96. The zero-order valence-corrected chi connectivity index (χ0v) is 13.3. The second kappa shape index (κ2) is 6.53. The van der Waals surface area contributed by atoms with E-state index in [-0.39, 0.29) is 11.6 Å². The third kappa shape index (κ3) is 2.83. The molecule has 2 heterocycles. The lowest BCUT2D eigenvalue weighted by molar-refractivity contribution is 0.599. The Labute approximate surface area is 144 Å². The predicted molar refractivity (Wildman–Crippen MR) is 92.6 cm³/mol. The molecule has 0 radical (unpaired) electrons. The van der Waals surface area contributed by atoms with Crippen molar-refractivity contribution in [2.75, 3.05) is 6.54 Å². The summed E-state index contributed by atoms with van der Waals surface area (Å²) in [6.07, 6.45) is 3.44. The zero-order chi connectivity index (χ0) is 17.2. The number of benzene rings is 2. The number of halogens is 2. The van der Waals surface area contributed by atoms with Crippen molar-refractivity contribution in [3.05, 3.63) is 89.1 Å². The molecular formula is C20H15F2N3. The summed E-state index contributed by atoms with van der Waals surface area (Å²) in [5, 5.41) is 11.0. The molecule has 0 spiro atoms. The Balaban J connectivity index is 1.89. The van der Waals surface area contributed by atoms with Crippen LogP contribution in [0.3, 0.4) is 0 Å². The molecule has 1 aliphatic rings. The lowest BCUT2D eigenvalue weighted by Gasteiger charge is -2.15. The highest BCUT2D eigenvalue weighted by molar-refractivity contribution is 5.83. The van der Waals surface area contributed by atoms with Gasteiger partial charge in [0.05, 0.1) is 5.69 Å². The van der Waals surface area contributed by atoms with Crippen molar-refractivity contribution >= 4 is 5.57 Å². The summed E-state index contributed by atoms with van der Waals surface area (Å²) >= 11 is 0. The Morgan fingerprint density at radius 3 is 2.52 bits per heavy atom. The minimum absolute atomic E-state index is 0.319. The van der Waals surface area contributed by atoms with Gasteiger partial charge in [0.25, 0.3) is 0 Å². The highest BCUT2D eigenvalue weighted by Gasteiger charge is 2.21. The summed E-state index contributed by atoms with van der Waals surface area (Å²) in [6.45, 7) is 0.905. The topological polar surface area (TPSA) is 37.8 Å². The van der Waals surface area contributed by atoms with Gasteiger partial charge in [-0.05, 0) is 35.4 Å². The first kappa shape index (κ1) is 15.6. The molecule has 4 rings (SSSR count). The van der Waals surface area contributed by atoms with Crippen molar-refractivity contribution < 1.29 is 8.78 Å². The van der Waals surface area contributed by atoms with Crippen molar-refractivity contribution in [3.8, 4) is 11.3 Å². The van der Waals surface area contributed by atoms with E-state index in [0.717, 1.165) is 0 Å². The normalized spacial score (nSPS) is 13.8. The summed E-state index contributed by atoms with van der Waals surface area (Å²) in [7, 11) is 0. The van der Waals surface area contributed by atoms with Crippen LogP contribution in [0.2, 0.25) is 0 Å². The maximum absolute atomic E-state index is 15.2. The van der Waals surface area contributed by atoms with Gasteiger partial charge in [0.2, 0.25) is 0 Å². The van der Waals surface area contributed by atoms with E-state index in [1.165, 1.54) is 6.07 Å². The molecule has 0 saturated heterocycles. The number of hydrogen-bond donors (Lipinski definition) is 1. The molecule has 5 heteroatoms. The van der Waals surface area contributed by atoms with Crippen LogP contribution in [0.1, 0.15) is 16.7 Å². The number of hydrogen-bond acceptors (Lipinski definition) is 3. The van der Waals surface area contributed by atoms with Crippen molar-refractivity contribution in [2.24, 2.45) is 0 Å². The van der Waals surface area contributed by atoms with E-state index in [9.17, 15) is 4.39 Å². The number of aromatic nitrogens is 2. The van der Waals surface area contributed by atoms with Gasteiger partial charge >= 0.3 is 0 Å². The first-order valence-electron chi connectivity index (χ1n) is 8.01. The van der Waals surface area contributed by atoms with Crippen LogP contribution in [0, 0.1) is 11.6 Å². The summed E-state index contributed by atoms with van der Waals surface area (Å²) in [5.41, 5.74) is 3.24. The number of fused-ring (bicyclic) bond motifs is 1. The molecule has 0 aliphatic carbocycles. The van der Waals surface area contributed by atoms with Crippen molar-refractivity contribution in [1.29, 1.82) is 0 Å². The molecule has 3 aromatic rings. The zero-order valence-electron chi connectivity index (χ0n) is 13.3. The molecule has 0 unspecified atom stereocenters. The fourth-order valence-corrected chi connectivity index (χ4v) is 3.11. The minimum atomic E-state index is -0.352. The summed E-state index contributed by atoms with van der Waals surface area (Å²) in [4.78, 5) is 0. The van der Waals surface area contributed by atoms with E-state index in [1.807, 2.05) is 12.1 Å². The van der Waals surface area contributed by atoms with Gasteiger partial charge in [-0.15, -0.1) is 0 Å². The maximum atomic E-state index is 15.2. The minimum Gasteiger partial charge on any atom is -0.309 e. The van der Waals surface area contributed by atoms with Crippen LogP contribution < -0.4 is 5.32 Å². The van der Waals surface area contributed by atoms with Crippen molar-refractivity contribution in [2.45, 2.75) is 6.54 Å². The second-order valence-corrected chi connectivity index (χ2v) is 5.79. The van der Waals surface area contributed by atoms with E-state index in [0.29, 0.717) is 46.6 Å². The molecule has 25 heavy (non-hydrogen) atoms. The van der Waals surface area contributed by atoms with Crippen LogP contribution in [-0.2, 0) is 6.54 Å². The Morgan fingerprint density at radius 2 is 1.72 bits per heavy atom. The van der Waals surface area contributed by atoms with E-state index in [4.69, 9.17) is 0 Å². The Kier molecular flexibility index (Phi) is 4.07. The average molecular weight is 335 g/mol. The molecule has 0 amide bonds. The molecule has 0 saturated carbocycles. The molecule has 1 aromatic heterocycles. The molecule has 0 bridgehead atoms. The Hall–Kier alpha value is -2.92. The van der Waals surface area contributed by atoms with Gasteiger partial charge in [-0.2, -0.15) is 10.2 Å². The number of nitrogens with one attached hydrogen (secondary N) is 1. The van der Waals surface area contributed by atoms with Gasteiger partial charge in [0.1, 0.15) is 11.6 Å². The van der Waals surface area contributed by atoms with Gasteiger partial charge in [-0.25, -0.2) is 8.78 Å². The summed E-state index contributed by atoms with van der Waals surface area (Å²) in [5.74, 6) is -0.672. The van der Waals surface area contributed by atoms with Crippen LogP contribution in [0.4, 0.5) is 8.78 Å². The quantitative estimate of drug-likeness (QED) is 0.770. The van der Waals surface area contributed by atoms with E-state index in [1.54, 1.807) is 42.6 Å².